The second kappa shape index (κ2) is 9.77. The number of carbonyl (C=O) groups excluding carboxylic acids is 1. The molecule has 0 spiro atoms. The zero-order chi connectivity index (χ0) is 19.9. The molecule has 0 radical (unpaired) electrons. The largest absolute Gasteiger partial charge is 0.322 e. The van der Waals surface area contributed by atoms with Gasteiger partial charge in [0.2, 0.25) is 0 Å². The molecule has 29 heavy (non-hydrogen) atoms. The fourth-order valence-corrected chi connectivity index (χ4v) is 4.41. The van der Waals surface area contributed by atoms with Gasteiger partial charge in [0.1, 0.15) is 0 Å². The minimum atomic E-state index is -0.0656. The smallest absolute Gasteiger partial charge is 0.255 e. The van der Waals surface area contributed by atoms with Crippen molar-refractivity contribution in [1.82, 2.24) is 4.90 Å². The lowest BCUT2D eigenvalue weighted by atomic mass is 10.1. The fourth-order valence-electron chi connectivity index (χ4n) is 3.53. The van der Waals surface area contributed by atoms with Crippen molar-refractivity contribution < 1.29 is 4.79 Å². The molecule has 1 amide bonds. The number of likely N-dealkylation sites (tertiary alicyclic amines) is 1. The third kappa shape index (κ3) is 5.72. The number of anilines is 1. The molecule has 1 N–H and O–H groups in total. The van der Waals surface area contributed by atoms with Gasteiger partial charge < -0.3 is 5.32 Å². The van der Waals surface area contributed by atoms with Gasteiger partial charge in [-0.05, 0) is 73.5 Å². The number of nitrogens with one attached hydrogen (secondary N) is 1. The number of nitrogens with zero attached hydrogens (tertiary/aromatic N) is 1. The Morgan fingerprint density at radius 3 is 2.17 bits per heavy atom. The number of carbonyl (C=O) groups is 1. The van der Waals surface area contributed by atoms with Crippen LogP contribution in [0.5, 0.6) is 0 Å². The van der Waals surface area contributed by atoms with E-state index in [9.17, 15) is 4.79 Å². The van der Waals surface area contributed by atoms with Crippen LogP contribution < -0.4 is 5.32 Å². The summed E-state index contributed by atoms with van der Waals surface area (Å²) < 4.78 is 0. The first kappa shape index (κ1) is 19.7. The summed E-state index contributed by atoms with van der Waals surface area (Å²) >= 11 is 1.81. The molecule has 0 aromatic heterocycles. The molecule has 3 aromatic carbocycles. The lowest BCUT2D eigenvalue weighted by molar-refractivity contribution is 0.102. The molecule has 0 saturated carbocycles. The van der Waals surface area contributed by atoms with Crippen molar-refractivity contribution in [2.75, 3.05) is 18.4 Å². The van der Waals surface area contributed by atoms with Crippen molar-refractivity contribution in [1.29, 1.82) is 0 Å². The summed E-state index contributed by atoms with van der Waals surface area (Å²) in [5.74, 6) is 0.848. The number of hydrogen-bond donors (Lipinski definition) is 1. The van der Waals surface area contributed by atoms with Gasteiger partial charge >= 0.3 is 0 Å². The molecule has 148 valence electrons. The van der Waals surface area contributed by atoms with Gasteiger partial charge in [-0.2, -0.15) is 0 Å². The molecule has 0 atom stereocenters. The Morgan fingerprint density at radius 2 is 1.48 bits per heavy atom. The van der Waals surface area contributed by atoms with Crippen molar-refractivity contribution >= 4 is 23.4 Å². The molecule has 4 heteroatoms. The molecule has 3 nitrogen and oxygen atoms in total. The SMILES string of the molecule is O=C(Nc1ccc(CSc2ccccc2)cc1)c1ccc(CN2CCCC2)cc1. The fraction of sp³-hybridized carbons (Fsp3) is 0.240. The maximum atomic E-state index is 12.5. The van der Waals surface area contributed by atoms with Crippen LogP contribution in [0, 0.1) is 0 Å². The van der Waals surface area contributed by atoms with Crippen LogP contribution in [0.1, 0.15) is 34.3 Å². The van der Waals surface area contributed by atoms with Gasteiger partial charge in [0, 0.05) is 28.4 Å². The number of rotatable bonds is 7. The second-order valence-corrected chi connectivity index (χ2v) is 8.48. The average molecular weight is 403 g/mol. The Kier molecular flexibility index (Phi) is 6.65. The van der Waals surface area contributed by atoms with E-state index in [-0.39, 0.29) is 5.91 Å². The molecular formula is C25H26N2OS. The molecule has 1 aliphatic rings. The second-order valence-electron chi connectivity index (χ2n) is 7.43. The highest BCUT2D eigenvalue weighted by Crippen LogP contribution is 2.23. The maximum absolute atomic E-state index is 12.5. The highest BCUT2D eigenvalue weighted by Gasteiger charge is 2.12. The van der Waals surface area contributed by atoms with Crippen molar-refractivity contribution in [3.05, 3.63) is 95.6 Å². The summed E-state index contributed by atoms with van der Waals surface area (Å²) in [6, 6.07) is 26.5. The molecule has 1 heterocycles. The third-order valence-corrected chi connectivity index (χ3v) is 6.26. The minimum absolute atomic E-state index is 0.0656. The Labute approximate surface area is 177 Å². The van der Waals surface area contributed by atoms with Gasteiger partial charge in [-0.15, -0.1) is 11.8 Å². The van der Waals surface area contributed by atoms with E-state index >= 15 is 0 Å². The summed E-state index contributed by atoms with van der Waals surface area (Å²) in [6.07, 6.45) is 2.59. The zero-order valence-corrected chi connectivity index (χ0v) is 17.3. The van der Waals surface area contributed by atoms with Crippen LogP contribution in [0.4, 0.5) is 5.69 Å². The van der Waals surface area contributed by atoms with Crippen LogP contribution in [0.3, 0.4) is 0 Å². The van der Waals surface area contributed by atoms with Crippen molar-refractivity contribution in [2.24, 2.45) is 0 Å². The molecule has 1 aliphatic heterocycles. The molecule has 3 aromatic rings. The number of hydrogen-bond acceptors (Lipinski definition) is 3. The average Bonchev–Trinajstić information content (AvgIpc) is 3.27. The monoisotopic (exact) mass is 402 g/mol. The first-order valence-corrected chi connectivity index (χ1v) is 11.1. The molecule has 4 rings (SSSR count). The molecule has 1 saturated heterocycles. The molecular weight excluding hydrogens is 376 g/mol. The van der Waals surface area contributed by atoms with Crippen LogP contribution >= 0.6 is 11.8 Å². The van der Waals surface area contributed by atoms with Crippen molar-refractivity contribution in [2.45, 2.75) is 30.0 Å². The Balaban J connectivity index is 1.29. The van der Waals surface area contributed by atoms with Gasteiger partial charge in [-0.1, -0.05) is 42.5 Å². The Hall–Kier alpha value is -2.56. The Morgan fingerprint density at radius 1 is 0.828 bits per heavy atom. The van der Waals surface area contributed by atoms with Crippen molar-refractivity contribution in [3.8, 4) is 0 Å². The van der Waals surface area contributed by atoms with Crippen LogP contribution in [-0.2, 0) is 12.3 Å². The standard InChI is InChI=1S/C25H26N2OS/c28-25(22-12-8-20(9-13-22)18-27-16-4-5-17-27)26-23-14-10-21(11-15-23)19-29-24-6-2-1-3-7-24/h1-3,6-15H,4-5,16-19H2,(H,26,28). The quantitative estimate of drug-likeness (QED) is 0.505. The minimum Gasteiger partial charge on any atom is -0.322 e. The molecule has 1 fully saturated rings. The van der Waals surface area contributed by atoms with E-state index in [4.69, 9.17) is 0 Å². The summed E-state index contributed by atoms with van der Waals surface area (Å²) in [5.41, 5.74) is 4.02. The lowest BCUT2D eigenvalue weighted by Gasteiger charge is -2.14. The zero-order valence-electron chi connectivity index (χ0n) is 16.5. The summed E-state index contributed by atoms with van der Waals surface area (Å²) in [5, 5.41) is 3.00. The highest BCUT2D eigenvalue weighted by molar-refractivity contribution is 7.98. The van der Waals surface area contributed by atoms with Crippen LogP contribution in [0.25, 0.3) is 0 Å². The van der Waals surface area contributed by atoms with Gasteiger partial charge in [-0.3, -0.25) is 9.69 Å². The van der Waals surface area contributed by atoms with Gasteiger partial charge in [0.05, 0.1) is 0 Å². The molecule has 0 bridgehead atoms. The normalized spacial score (nSPS) is 14.1. The van der Waals surface area contributed by atoms with E-state index in [1.807, 2.05) is 42.1 Å². The summed E-state index contributed by atoms with van der Waals surface area (Å²) in [6.45, 7) is 3.34. The number of amides is 1. The van der Waals surface area contributed by atoms with Crippen LogP contribution in [0.2, 0.25) is 0 Å². The van der Waals surface area contributed by atoms with Crippen molar-refractivity contribution in [3.63, 3.8) is 0 Å². The van der Waals surface area contributed by atoms with E-state index in [1.54, 1.807) is 0 Å². The number of benzene rings is 3. The van der Waals surface area contributed by atoms with E-state index in [0.29, 0.717) is 5.56 Å². The van der Waals surface area contributed by atoms with E-state index in [2.05, 4.69) is 58.7 Å². The molecule has 0 unspecified atom stereocenters. The van der Waals surface area contributed by atoms with Gasteiger partial charge in [0.15, 0.2) is 0 Å². The maximum Gasteiger partial charge on any atom is 0.255 e. The summed E-state index contributed by atoms with van der Waals surface area (Å²) in [4.78, 5) is 16.3. The van der Waals surface area contributed by atoms with Gasteiger partial charge in [0.25, 0.3) is 5.91 Å². The van der Waals surface area contributed by atoms with Crippen LogP contribution in [0.15, 0.2) is 83.8 Å². The first-order chi connectivity index (χ1) is 14.3. The topological polar surface area (TPSA) is 32.3 Å². The predicted octanol–water partition coefficient (Wildman–Crippen LogP) is 5.83. The first-order valence-electron chi connectivity index (χ1n) is 10.2. The highest BCUT2D eigenvalue weighted by atomic mass is 32.2. The lowest BCUT2D eigenvalue weighted by Crippen LogP contribution is -2.18. The molecule has 0 aliphatic carbocycles. The van der Waals surface area contributed by atoms with Crippen LogP contribution in [-0.4, -0.2) is 23.9 Å². The third-order valence-electron chi connectivity index (χ3n) is 5.18. The van der Waals surface area contributed by atoms with E-state index < -0.39 is 0 Å². The van der Waals surface area contributed by atoms with E-state index in [0.717, 1.165) is 18.0 Å². The predicted molar refractivity (Wildman–Crippen MR) is 121 cm³/mol. The number of thioether (sulfide) groups is 1. The Bertz CT molecular complexity index is 917. The van der Waals surface area contributed by atoms with E-state index in [1.165, 1.54) is 42.0 Å². The summed E-state index contributed by atoms with van der Waals surface area (Å²) in [7, 11) is 0. The van der Waals surface area contributed by atoms with Gasteiger partial charge in [-0.25, -0.2) is 0 Å².